The maximum Gasteiger partial charge on any atom is 0.240 e. The van der Waals surface area contributed by atoms with Crippen LogP contribution in [0.1, 0.15) is 15.9 Å². The van der Waals surface area contributed by atoms with Crippen LogP contribution in [-0.2, 0) is 9.59 Å². The number of ketones is 1. The van der Waals surface area contributed by atoms with Gasteiger partial charge in [0.1, 0.15) is 11.8 Å². The number of carbonyl (C=O) groups is 3. The van der Waals surface area contributed by atoms with Crippen LogP contribution in [0, 0.1) is 11.8 Å². The molecule has 3 aliphatic rings. The molecule has 0 spiro atoms. The maximum absolute atomic E-state index is 14.1. The number of anilines is 2. The predicted molar refractivity (Wildman–Crippen MR) is 141 cm³/mol. The molecule has 0 radical (unpaired) electrons. The summed E-state index contributed by atoms with van der Waals surface area (Å²) in [6.07, 6.45) is 3.90. The van der Waals surface area contributed by atoms with Crippen molar-refractivity contribution in [1.82, 2.24) is 0 Å². The van der Waals surface area contributed by atoms with Gasteiger partial charge in [0.25, 0.3) is 0 Å². The summed E-state index contributed by atoms with van der Waals surface area (Å²) >= 11 is 9.49. The summed E-state index contributed by atoms with van der Waals surface area (Å²) in [4.78, 5) is 44.9. The van der Waals surface area contributed by atoms with Crippen LogP contribution in [0.3, 0.4) is 0 Å². The number of methoxy groups -OCH3 is 1. The molecule has 0 N–H and O–H groups in total. The highest BCUT2D eigenvalue weighted by atomic mass is 79.9. The molecule has 0 saturated carbocycles. The van der Waals surface area contributed by atoms with E-state index in [1.807, 2.05) is 41.3 Å². The van der Waals surface area contributed by atoms with Gasteiger partial charge < -0.3 is 9.64 Å². The van der Waals surface area contributed by atoms with Gasteiger partial charge in [0, 0.05) is 16.3 Å². The highest BCUT2D eigenvalue weighted by molar-refractivity contribution is 9.10. The Bertz CT molecular complexity index is 1450. The SMILES string of the molecule is COc1ccc(C(=O)[C@H]2[C@H]3C(=O)N(c4ccc(Cl)cc4)C(=O)[C@H]3[C@@H]3C=Cc4ccccc4N32)cc1Br. The number of fused-ring (bicyclic) bond motifs is 5. The quantitative estimate of drug-likeness (QED) is 0.315. The van der Waals surface area contributed by atoms with Gasteiger partial charge in [0.2, 0.25) is 11.8 Å². The smallest absolute Gasteiger partial charge is 0.240 e. The number of amides is 2. The molecular weight excluding hydrogens is 544 g/mol. The summed E-state index contributed by atoms with van der Waals surface area (Å²) in [6.45, 7) is 0. The van der Waals surface area contributed by atoms with E-state index in [0.717, 1.165) is 11.3 Å². The average molecular weight is 564 g/mol. The molecular formula is C28H20BrClN2O4. The topological polar surface area (TPSA) is 66.9 Å². The Kier molecular flexibility index (Phi) is 5.50. The molecule has 3 aromatic carbocycles. The molecule has 3 aliphatic heterocycles. The van der Waals surface area contributed by atoms with Crippen LogP contribution in [0.4, 0.5) is 11.4 Å². The zero-order chi connectivity index (χ0) is 25.1. The molecule has 36 heavy (non-hydrogen) atoms. The van der Waals surface area contributed by atoms with Crippen molar-refractivity contribution in [1.29, 1.82) is 0 Å². The standard InChI is InChI=1S/C28H20BrClN2O4/c1-36-22-13-7-16(14-19(22)29)26(33)25-24-23(21-12-6-15-4-2-3-5-20(15)32(21)25)27(34)31(28(24)35)18-10-8-17(30)9-11-18/h2-14,21,23-25H,1H3/t21-,23-,24-,25+/m0/s1. The molecule has 2 amide bonds. The van der Waals surface area contributed by atoms with Crippen molar-refractivity contribution in [3.05, 3.63) is 93.4 Å². The molecule has 3 aromatic rings. The van der Waals surface area contributed by atoms with Gasteiger partial charge in [-0.3, -0.25) is 14.4 Å². The number of hydrogen-bond acceptors (Lipinski definition) is 5. The molecule has 0 aliphatic carbocycles. The summed E-state index contributed by atoms with van der Waals surface area (Å²) in [7, 11) is 1.55. The number of nitrogens with zero attached hydrogens (tertiary/aromatic N) is 2. The molecule has 0 bridgehead atoms. The zero-order valence-electron chi connectivity index (χ0n) is 19.1. The van der Waals surface area contributed by atoms with Gasteiger partial charge in [-0.2, -0.15) is 0 Å². The minimum atomic E-state index is -0.847. The Labute approximate surface area is 221 Å². The van der Waals surface area contributed by atoms with Crippen LogP contribution in [0.2, 0.25) is 5.02 Å². The second kappa shape index (κ2) is 8.61. The van der Waals surface area contributed by atoms with Crippen LogP contribution < -0.4 is 14.5 Å². The average Bonchev–Trinajstić information content (AvgIpc) is 3.37. The first-order valence-electron chi connectivity index (χ1n) is 11.5. The van der Waals surface area contributed by atoms with Crippen LogP contribution in [0.25, 0.3) is 6.08 Å². The number of hydrogen-bond donors (Lipinski definition) is 0. The van der Waals surface area contributed by atoms with Gasteiger partial charge in [0.05, 0.1) is 35.1 Å². The van der Waals surface area contributed by atoms with Crippen LogP contribution in [-0.4, -0.2) is 36.8 Å². The third kappa shape index (κ3) is 3.33. The lowest BCUT2D eigenvalue weighted by molar-refractivity contribution is -0.122. The van der Waals surface area contributed by atoms with Crippen molar-refractivity contribution in [2.75, 3.05) is 16.9 Å². The van der Waals surface area contributed by atoms with Gasteiger partial charge in [-0.1, -0.05) is 42.0 Å². The van der Waals surface area contributed by atoms with E-state index >= 15 is 0 Å². The fourth-order valence-corrected chi connectivity index (χ4v) is 6.32. The molecule has 180 valence electrons. The van der Waals surface area contributed by atoms with E-state index in [0.29, 0.717) is 26.5 Å². The third-order valence-corrected chi connectivity index (χ3v) is 8.08. The molecule has 8 heteroatoms. The second-order valence-corrected chi connectivity index (χ2v) is 10.3. The molecule has 6 nitrogen and oxygen atoms in total. The summed E-state index contributed by atoms with van der Waals surface area (Å²) in [6, 6.07) is 18.2. The number of imide groups is 1. The minimum Gasteiger partial charge on any atom is -0.496 e. The Hall–Kier alpha value is -3.42. The van der Waals surface area contributed by atoms with Crippen LogP contribution in [0.5, 0.6) is 5.75 Å². The van der Waals surface area contributed by atoms with Crippen molar-refractivity contribution >= 4 is 62.6 Å². The first-order chi connectivity index (χ1) is 17.4. The van der Waals surface area contributed by atoms with Gasteiger partial charge in [-0.15, -0.1) is 0 Å². The lowest BCUT2D eigenvalue weighted by Gasteiger charge is -2.36. The fourth-order valence-electron chi connectivity index (χ4n) is 5.65. The van der Waals surface area contributed by atoms with Gasteiger partial charge >= 0.3 is 0 Å². The second-order valence-electron chi connectivity index (χ2n) is 9.01. The molecule has 2 fully saturated rings. The molecule has 0 unspecified atom stereocenters. The van der Waals surface area contributed by atoms with E-state index in [1.165, 1.54) is 4.90 Å². The first kappa shape index (κ1) is 23.0. The van der Waals surface area contributed by atoms with E-state index in [1.54, 1.807) is 49.6 Å². The van der Waals surface area contributed by atoms with Gasteiger partial charge in [0.15, 0.2) is 5.78 Å². The summed E-state index contributed by atoms with van der Waals surface area (Å²) in [5, 5.41) is 0.508. The van der Waals surface area contributed by atoms with E-state index in [2.05, 4.69) is 15.9 Å². The summed E-state index contributed by atoms with van der Waals surface area (Å²) < 4.78 is 5.95. The molecule has 3 heterocycles. The van der Waals surface area contributed by atoms with E-state index in [-0.39, 0.29) is 17.6 Å². The van der Waals surface area contributed by atoms with Gasteiger partial charge in [-0.05, 0) is 70.0 Å². The predicted octanol–water partition coefficient (Wildman–Crippen LogP) is 5.38. The van der Waals surface area contributed by atoms with E-state index < -0.39 is 23.9 Å². The lowest BCUT2D eigenvalue weighted by atomic mass is 9.86. The molecule has 0 aromatic heterocycles. The summed E-state index contributed by atoms with van der Waals surface area (Å²) in [5.41, 5.74) is 2.67. The van der Waals surface area contributed by atoms with Crippen LogP contribution >= 0.6 is 27.5 Å². The highest BCUT2D eigenvalue weighted by Crippen LogP contribution is 2.50. The molecule has 6 rings (SSSR count). The number of halogens is 2. The normalized spacial score (nSPS) is 24.0. The van der Waals surface area contributed by atoms with E-state index in [4.69, 9.17) is 16.3 Å². The summed E-state index contributed by atoms with van der Waals surface area (Å²) in [5.74, 6) is -1.83. The van der Waals surface area contributed by atoms with Crippen molar-refractivity contribution in [2.45, 2.75) is 12.1 Å². The number of para-hydroxylation sites is 1. The van der Waals surface area contributed by atoms with Crippen LogP contribution in [0.15, 0.2) is 77.3 Å². The molecule has 4 atom stereocenters. The van der Waals surface area contributed by atoms with Crippen molar-refractivity contribution in [3.8, 4) is 5.75 Å². The Morgan fingerprint density at radius 1 is 0.972 bits per heavy atom. The molecule has 2 saturated heterocycles. The number of Topliss-reactive ketones (excluding diaryl/α,β-unsaturated/α-hetero) is 1. The first-order valence-corrected chi connectivity index (χ1v) is 12.6. The van der Waals surface area contributed by atoms with Crippen molar-refractivity contribution in [3.63, 3.8) is 0 Å². The fraction of sp³-hybridized carbons (Fsp3) is 0.179. The number of benzene rings is 3. The highest BCUT2D eigenvalue weighted by Gasteiger charge is 2.64. The maximum atomic E-state index is 14.1. The number of carbonyl (C=O) groups excluding carboxylic acids is 3. The third-order valence-electron chi connectivity index (χ3n) is 7.20. The monoisotopic (exact) mass is 562 g/mol. The Morgan fingerprint density at radius 3 is 2.42 bits per heavy atom. The number of rotatable bonds is 4. The Balaban J connectivity index is 1.48. The van der Waals surface area contributed by atoms with Crippen molar-refractivity contribution in [2.24, 2.45) is 11.8 Å². The van der Waals surface area contributed by atoms with E-state index in [9.17, 15) is 14.4 Å². The lowest BCUT2D eigenvalue weighted by Crippen LogP contribution is -2.48. The van der Waals surface area contributed by atoms with Crippen molar-refractivity contribution < 1.29 is 19.1 Å². The zero-order valence-corrected chi connectivity index (χ0v) is 21.4. The Morgan fingerprint density at radius 2 is 1.69 bits per heavy atom. The largest absolute Gasteiger partial charge is 0.496 e. The number of ether oxygens (including phenoxy) is 1. The minimum absolute atomic E-state index is 0.222. The van der Waals surface area contributed by atoms with Gasteiger partial charge in [-0.25, -0.2) is 4.90 Å².